The van der Waals surface area contributed by atoms with Gasteiger partial charge in [-0.2, -0.15) is 13.2 Å². The highest BCUT2D eigenvalue weighted by atomic mass is 32.2. The average Bonchev–Trinajstić information content (AvgIpc) is 3.12. The van der Waals surface area contributed by atoms with E-state index in [1.807, 2.05) is 0 Å². The van der Waals surface area contributed by atoms with Crippen LogP contribution in [0.3, 0.4) is 0 Å². The van der Waals surface area contributed by atoms with E-state index in [1.54, 1.807) is 4.90 Å². The zero-order valence-corrected chi connectivity index (χ0v) is 16.4. The van der Waals surface area contributed by atoms with Crippen molar-refractivity contribution < 1.29 is 30.9 Å². The van der Waals surface area contributed by atoms with Crippen molar-refractivity contribution in [1.82, 2.24) is 0 Å². The zero-order valence-electron chi connectivity index (χ0n) is 14.8. The number of benzene rings is 2. The second kappa shape index (κ2) is 9.16. The van der Waals surface area contributed by atoms with Crippen molar-refractivity contribution in [3.63, 3.8) is 0 Å². The van der Waals surface area contributed by atoms with E-state index in [0.717, 1.165) is 18.8 Å². The molecule has 0 N–H and O–H groups in total. The van der Waals surface area contributed by atoms with E-state index < -0.39 is 15.6 Å². The van der Waals surface area contributed by atoms with Crippen molar-refractivity contribution in [3.05, 3.63) is 36.4 Å². The van der Waals surface area contributed by atoms with Crippen LogP contribution in [0.2, 0.25) is 0 Å². The van der Waals surface area contributed by atoms with Gasteiger partial charge in [-0.05, 0) is 42.8 Å². The summed E-state index contributed by atoms with van der Waals surface area (Å²) >= 11 is 0. The number of alkyl halides is 3. The van der Waals surface area contributed by atoms with Gasteiger partial charge in [-0.3, -0.25) is 0 Å². The Morgan fingerprint density at radius 2 is 1.78 bits per heavy atom. The maximum atomic E-state index is 10.7. The Hall–Kier alpha value is -1.45. The Morgan fingerprint density at radius 1 is 1.15 bits per heavy atom. The van der Waals surface area contributed by atoms with Gasteiger partial charge in [-0.25, -0.2) is 8.42 Å². The van der Waals surface area contributed by atoms with Gasteiger partial charge in [0.25, 0.3) is 0 Å². The Kier molecular flexibility index (Phi) is 7.41. The number of hydrogen-bond donors (Lipinski definition) is 0. The summed E-state index contributed by atoms with van der Waals surface area (Å²) in [5.41, 5.74) is -5.65. The Morgan fingerprint density at radius 3 is 2.33 bits per heavy atom. The van der Waals surface area contributed by atoms with Gasteiger partial charge >= 0.3 is 5.51 Å². The molecular formula is C18H21F3O4S2. The van der Waals surface area contributed by atoms with Crippen molar-refractivity contribution in [3.8, 4) is 5.75 Å². The molecule has 2 aromatic rings. The van der Waals surface area contributed by atoms with Crippen LogP contribution >= 0.6 is 0 Å². The van der Waals surface area contributed by atoms with E-state index in [0.29, 0.717) is 10.9 Å². The first kappa shape index (κ1) is 21.8. The lowest BCUT2D eigenvalue weighted by atomic mass is 10.1. The molecule has 0 spiro atoms. The molecule has 0 unspecified atom stereocenters. The number of hydrogen-bond acceptors (Lipinski definition) is 4. The van der Waals surface area contributed by atoms with E-state index in [2.05, 4.69) is 43.3 Å². The summed E-state index contributed by atoms with van der Waals surface area (Å²) in [6.45, 7) is 2.95. The molecule has 0 amide bonds. The number of fused-ring (bicyclic) bond motifs is 1. The van der Waals surface area contributed by atoms with E-state index in [9.17, 15) is 13.2 Å². The maximum Gasteiger partial charge on any atom is 0.485 e. The Balaban J connectivity index is 0.000000279. The minimum Gasteiger partial charge on any atom is -0.741 e. The first-order valence-corrected chi connectivity index (χ1v) is 11.5. The fraction of sp³-hybridized carbons (Fsp3) is 0.444. The molecule has 27 heavy (non-hydrogen) atoms. The Bertz CT molecular complexity index is 861. The topological polar surface area (TPSA) is 66.4 Å². The summed E-state index contributed by atoms with van der Waals surface area (Å²) in [7, 11) is -5.63. The smallest absolute Gasteiger partial charge is 0.485 e. The molecule has 9 heteroatoms. The third-order valence-electron chi connectivity index (χ3n) is 3.91. The third kappa shape index (κ3) is 6.02. The summed E-state index contributed by atoms with van der Waals surface area (Å²) < 4.78 is 64.7. The summed E-state index contributed by atoms with van der Waals surface area (Å²) in [6.07, 6.45) is 3.85. The van der Waals surface area contributed by atoms with Gasteiger partial charge in [0.1, 0.15) is 17.3 Å². The predicted molar refractivity (Wildman–Crippen MR) is 100 cm³/mol. The molecule has 0 saturated carbocycles. The minimum absolute atomic E-state index is 0.465. The van der Waals surface area contributed by atoms with E-state index in [1.165, 1.54) is 35.1 Å². The molecule has 1 saturated heterocycles. The van der Waals surface area contributed by atoms with Gasteiger partial charge in [-0.1, -0.05) is 25.1 Å². The van der Waals surface area contributed by atoms with Gasteiger partial charge in [-0.15, -0.1) is 0 Å². The molecule has 0 radical (unpaired) electrons. The molecule has 1 heterocycles. The quantitative estimate of drug-likeness (QED) is 0.415. The van der Waals surface area contributed by atoms with Crippen LogP contribution in [0.1, 0.15) is 26.2 Å². The lowest BCUT2D eigenvalue weighted by Gasteiger charge is -2.08. The standard InChI is InChI=1S/C17H21OS.CHF3O3S/c1-2-10-18-15-9-8-14-6-5-7-17(16(14)13-15)19-11-3-4-12-19;2-1(3,4)8(5,6)7/h5-9,13H,2-4,10-12H2,1H3;(H,5,6,7)/q+1;/p-1. The van der Waals surface area contributed by atoms with Crippen LogP contribution < -0.4 is 4.74 Å². The highest BCUT2D eigenvalue weighted by Gasteiger charge is 2.37. The molecule has 2 aromatic carbocycles. The highest BCUT2D eigenvalue weighted by Crippen LogP contribution is 2.31. The molecule has 0 aromatic heterocycles. The van der Waals surface area contributed by atoms with Crippen LogP contribution in [0, 0.1) is 0 Å². The molecule has 4 nitrogen and oxygen atoms in total. The van der Waals surface area contributed by atoms with Crippen molar-refractivity contribution in [2.75, 3.05) is 18.1 Å². The summed E-state index contributed by atoms with van der Waals surface area (Å²) in [5.74, 6) is 3.77. The minimum atomic E-state index is -6.09. The van der Waals surface area contributed by atoms with Crippen LogP contribution in [-0.2, 0) is 21.0 Å². The molecular weight excluding hydrogens is 401 g/mol. The first-order valence-electron chi connectivity index (χ1n) is 8.48. The first-order chi connectivity index (χ1) is 12.6. The molecule has 1 fully saturated rings. The van der Waals surface area contributed by atoms with Gasteiger partial charge in [0.15, 0.2) is 15.0 Å². The van der Waals surface area contributed by atoms with Gasteiger partial charge in [0, 0.05) is 16.3 Å². The molecule has 3 rings (SSSR count). The lowest BCUT2D eigenvalue weighted by molar-refractivity contribution is -0.0517. The summed E-state index contributed by atoms with van der Waals surface area (Å²) in [6, 6.07) is 13.3. The normalized spacial score (nSPS) is 15.4. The van der Waals surface area contributed by atoms with E-state index >= 15 is 0 Å². The molecule has 0 atom stereocenters. The van der Waals surface area contributed by atoms with Crippen molar-refractivity contribution >= 4 is 31.8 Å². The van der Waals surface area contributed by atoms with Crippen LogP contribution in [0.15, 0.2) is 41.3 Å². The van der Waals surface area contributed by atoms with Crippen molar-refractivity contribution in [2.45, 2.75) is 36.6 Å². The maximum absolute atomic E-state index is 10.7. The number of halogens is 3. The number of ether oxygens (including phenoxy) is 1. The highest BCUT2D eigenvalue weighted by molar-refractivity contribution is 7.97. The van der Waals surface area contributed by atoms with Crippen LogP contribution in [0.25, 0.3) is 10.8 Å². The second-order valence-electron chi connectivity index (χ2n) is 6.00. The monoisotopic (exact) mass is 422 g/mol. The van der Waals surface area contributed by atoms with Crippen LogP contribution in [0.5, 0.6) is 5.75 Å². The Labute approximate surface area is 159 Å². The van der Waals surface area contributed by atoms with E-state index in [-0.39, 0.29) is 0 Å². The van der Waals surface area contributed by atoms with Crippen LogP contribution in [0.4, 0.5) is 13.2 Å². The molecule has 0 bridgehead atoms. The third-order valence-corrected chi connectivity index (χ3v) is 7.02. The van der Waals surface area contributed by atoms with Crippen LogP contribution in [-0.4, -0.2) is 36.6 Å². The average molecular weight is 422 g/mol. The molecule has 0 aliphatic carbocycles. The summed E-state index contributed by atoms with van der Waals surface area (Å²) in [4.78, 5) is 1.55. The number of rotatable bonds is 4. The predicted octanol–water partition coefficient (Wildman–Crippen LogP) is 4.45. The van der Waals surface area contributed by atoms with Crippen molar-refractivity contribution in [1.29, 1.82) is 0 Å². The fourth-order valence-electron chi connectivity index (χ4n) is 2.66. The largest absolute Gasteiger partial charge is 0.741 e. The van der Waals surface area contributed by atoms with Gasteiger partial charge in [0.05, 0.1) is 6.61 Å². The molecule has 1 aliphatic heterocycles. The van der Waals surface area contributed by atoms with Crippen molar-refractivity contribution in [2.24, 2.45) is 0 Å². The lowest BCUT2D eigenvalue weighted by Crippen LogP contribution is -2.21. The zero-order chi connectivity index (χ0) is 20.1. The SMILES string of the molecule is CCCOc1ccc2cccc([S+]3CCCC3)c2c1.O=S(=O)([O-])C(F)(F)F. The molecule has 1 aliphatic rings. The van der Waals surface area contributed by atoms with Gasteiger partial charge in [0.2, 0.25) is 0 Å². The van der Waals surface area contributed by atoms with E-state index in [4.69, 9.17) is 17.7 Å². The summed E-state index contributed by atoms with van der Waals surface area (Å²) in [5, 5.41) is 2.75. The van der Waals surface area contributed by atoms with Gasteiger partial charge < -0.3 is 9.29 Å². The fourth-order valence-corrected chi connectivity index (χ4v) is 5.17. The molecule has 150 valence electrons. The second-order valence-corrected chi connectivity index (χ2v) is 9.61.